The Hall–Kier alpha value is -4.56. The number of aromatic carboxylic acids is 1. The molecule has 0 amide bonds. The average Bonchev–Trinajstić information content (AvgIpc) is 3.69. The Kier molecular flexibility index (Phi) is 10.0. The molecule has 0 bridgehead atoms. The maximum atomic E-state index is 14.2. The molecule has 6 rings (SSSR count). The number of ether oxygens (including phenoxy) is 3. The minimum atomic E-state index is -1.15. The number of nitrogens with zero attached hydrogens (tertiary/aromatic N) is 6. The van der Waals surface area contributed by atoms with Crippen molar-refractivity contribution in [3.8, 4) is 11.4 Å². The van der Waals surface area contributed by atoms with E-state index in [1.165, 1.54) is 21.5 Å². The molecule has 2 fully saturated rings. The van der Waals surface area contributed by atoms with Crippen LogP contribution >= 0.6 is 0 Å². The Morgan fingerprint density at radius 1 is 0.795 bits per heavy atom. The molecule has 4 heterocycles. The molecule has 0 unspecified atom stereocenters. The first-order chi connectivity index (χ1) is 21.4. The highest BCUT2D eigenvalue weighted by Gasteiger charge is 2.31. The van der Waals surface area contributed by atoms with E-state index in [1.807, 2.05) is 0 Å². The number of para-hydroxylation sites is 2. The number of hydrogen-bond acceptors (Lipinski definition) is 9. The molecule has 1 N–H and O–H groups in total. The summed E-state index contributed by atoms with van der Waals surface area (Å²) in [5.41, 5.74) is 1.55. The molecular weight excluding hydrogens is 578 g/mol. The van der Waals surface area contributed by atoms with Gasteiger partial charge < -0.3 is 19.3 Å². The molecule has 2 aliphatic rings. The van der Waals surface area contributed by atoms with Crippen LogP contribution in [0.1, 0.15) is 76.8 Å². The molecule has 0 radical (unpaired) electrons. The first-order valence-electron chi connectivity index (χ1n) is 14.4. The Morgan fingerprint density at radius 3 is 1.66 bits per heavy atom. The number of halogens is 2. The second-order valence-electron chi connectivity index (χ2n) is 10.2. The van der Waals surface area contributed by atoms with Gasteiger partial charge in [-0.15, -0.1) is 10.2 Å². The Morgan fingerprint density at radius 2 is 1.23 bits per heavy atom. The summed E-state index contributed by atoms with van der Waals surface area (Å²) in [4.78, 5) is 23.5. The van der Waals surface area contributed by atoms with Crippen LogP contribution in [0.2, 0.25) is 0 Å². The van der Waals surface area contributed by atoms with E-state index in [4.69, 9.17) is 14.2 Å². The average molecular weight is 611 g/mol. The van der Waals surface area contributed by atoms with Crippen LogP contribution in [0.3, 0.4) is 0 Å². The Balaban J connectivity index is 0.000000175. The molecule has 4 aromatic rings. The summed E-state index contributed by atoms with van der Waals surface area (Å²) in [7, 11) is 0. The van der Waals surface area contributed by atoms with Crippen molar-refractivity contribution in [1.29, 1.82) is 0 Å². The lowest BCUT2D eigenvalue weighted by atomic mass is 9.94. The van der Waals surface area contributed by atoms with E-state index in [-0.39, 0.29) is 41.2 Å². The molecule has 2 saturated heterocycles. The molecule has 0 spiro atoms. The summed E-state index contributed by atoms with van der Waals surface area (Å²) < 4.78 is 46.6. The van der Waals surface area contributed by atoms with Crippen molar-refractivity contribution in [3.63, 3.8) is 0 Å². The van der Waals surface area contributed by atoms with Gasteiger partial charge in [0.1, 0.15) is 23.0 Å². The standard InChI is InChI=1S/C16H18FN3O3.C14H14FN3O3/c1-2-23-16(21)14-15(11-7-9-22-10-8-11)20(19-18-14)13-6-4-3-5-12(13)17;15-10-3-1-2-4-11(10)18-13(9-5-7-21-8-6-9)12(14(19)20)16-17-18/h3-6,11H,2,7-10H2,1H3;1-4,9H,5-8H2,(H,19,20). The molecule has 12 nitrogen and oxygen atoms in total. The molecule has 232 valence electrons. The highest BCUT2D eigenvalue weighted by molar-refractivity contribution is 5.88. The van der Waals surface area contributed by atoms with E-state index < -0.39 is 23.6 Å². The fourth-order valence-corrected chi connectivity index (χ4v) is 5.35. The van der Waals surface area contributed by atoms with Crippen LogP contribution < -0.4 is 0 Å². The molecule has 0 saturated carbocycles. The number of esters is 1. The number of carbonyl (C=O) groups is 2. The molecule has 2 aliphatic heterocycles. The number of benzene rings is 2. The van der Waals surface area contributed by atoms with Crippen molar-refractivity contribution < 1.29 is 37.7 Å². The maximum absolute atomic E-state index is 14.2. The molecule has 2 aromatic carbocycles. The first-order valence-corrected chi connectivity index (χ1v) is 14.4. The summed E-state index contributed by atoms with van der Waals surface area (Å²) in [6.07, 6.45) is 2.80. The molecule has 2 aromatic heterocycles. The molecular formula is C30H32F2N6O6. The summed E-state index contributed by atoms with van der Waals surface area (Å²) in [6, 6.07) is 12.4. The van der Waals surface area contributed by atoms with Crippen molar-refractivity contribution in [2.75, 3.05) is 33.0 Å². The maximum Gasteiger partial charge on any atom is 0.360 e. The van der Waals surface area contributed by atoms with Crippen molar-refractivity contribution in [2.24, 2.45) is 0 Å². The van der Waals surface area contributed by atoms with Gasteiger partial charge in [-0.25, -0.2) is 27.7 Å². The number of rotatable bonds is 7. The highest BCUT2D eigenvalue weighted by atomic mass is 19.1. The van der Waals surface area contributed by atoms with E-state index in [1.54, 1.807) is 43.3 Å². The second kappa shape index (κ2) is 14.3. The SMILES string of the molecule is CCOC(=O)c1nnn(-c2ccccc2F)c1C1CCOCC1.O=C(O)c1nnn(-c2ccccc2F)c1C1CCOCC1. The summed E-state index contributed by atoms with van der Waals surface area (Å²) in [6.45, 7) is 4.26. The first kappa shape index (κ1) is 30.9. The molecule has 0 aliphatic carbocycles. The highest BCUT2D eigenvalue weighted by Crippen LogP contribution is 2.32. The third kappa shape index (κ3) is 6.65. The van der Waals surface area contributed by atoms with Gasteiger partial charge in [0.05, 0.1) is 18.0 Å². The third-order valence-corrected chi connectivity index (χ3v) is 7.46. The lowest BCUT2D eigenvalue weighted by Crippen LogP contribution is -2.20. The van der Waals surface area contributed by atoms with Crippen LogP contribution in [-0.4, -0.2) is 80.1 Å². The summed E-state index contributed by atoms with van der Waals surface area (Å²) in [5.74, 6) is -2.60. The minimum Gasteiger partial charge on any atom is -0.476 e. The van der Waals surface area contributed by atoms with Gasteiger partial charge in [-0.3, -0.25) is 0 Å². The normalized spacial score (nSPS) is 15.8. The van der Waals surface area contributed by atoms with Crippen LogP contribution in [-0.2, 0) is 14.2 Å². The topological polar surface area (TPSA) is 143 Å². The zero-order valence-electron chi connectivity index (χ0n) is 24.1. The van der Waals surface area contributed by atoms with Crippen LogP contribution in [0.5, 0.6) is 0 Å². The van der Waals surface area contributed by atoms with Gasteiger partial charge in [-0.1, -0.05) is 34.7 Å². The van der Waals surface area contributed by atoms with Gasteiger partial charge in [0.2, 0.25) is 0 Å². The predicted octanol–water partition coefficient (Wildman–Crippen LogP) is 4.48. The van der Waals surface area contributed by atoms with E-state index in [2.05, 4.69) is 20.6 Å². The fourth-order valence-electron chi connectivity index (χ4n) is 5.35. The van der Waals surface area contributed by atoms with Gasteiger partial charge in [-0.2, -0.15) is 0 Å². The Labute approximate surface area is 251 Å². The van der Waals surface area contributed by atoms with E-state index >= 15 is 0 Å². The zero-order valence-corrected chi connectivity index (χ0v) is 24.1. The van der Waals surface area contributed by atoms with Crippen molar-refractivity contribution in [2.45, 2.75) is 44.4 Å². The van der Waals surface area contributed by atoms with Crippen LogP contribution in [0.15, 0.2) is 48.5 Å². The summed E-state index contributed by atoms with van der Waals surface area (Å²) in [5, 5.41) is 24.8. The largest absolute Gasteiger partial charge is 0.476 e. The monoisotopic (exact) mass is 610 g/mol. The number of carbonyl (C=O) groups excluding carboxylic acids is 1. The number of hydrogen-bond donors (Lipinski definition) is 1. The predicted molar refractivity (Wildman–Crippen MR) is 151 cm³/mol. The molecule has 0 atom stereocenters. The lowest BCUT2D eigenvalue weighted by Gasteiger charge is -2.23. The van der Waals surface area contributed by atoms with Gasteiger partial charge in [0.15, 0.2) is 11.4 Å². The van der Waals surface area contributed by atoms with Gasteiger partial charge in [-0.05, 0) is 56.9 Å². The molecule has 44 heavy (non-hydrogen) atoms. The van der Waals surface area contributed by atoms with Crippen LogP contribution in [0, 0.1) is 11.6 Å². The fraction of sp³-hybridized carbons (Fsp3) is 0.400. The lowest BCUT2D eigenvalue weighted by molar-refractivity contribution is 0.0511. The quantitative estimate of drug-likeness (QED) is 0.298. The Bertz CT molecular complexity index is 1600. The van der Waals surface area contributed by atoms with E-state index in [0.717, 1.165) is 12.8 Å². The van der Waals surface area contributed by atoms with Crippen molar-refractivity contribution >= 4 is 11.9 Å². The zero-order chi connectivity index (χ0) is 31.1. The second-order valence-corrected chi connectivity index (χ2v) is 10.2. The molecule has 14 heteroatoms. The minimum absolute atomic E-state index is 0.0257. The van der Waals surface area contributed by atoms with Gasteiger partial charge in [0.25, 0.3) is 0 Å². The smallest absolute Gasteiger partial charge is 0.360 e. The van der Waals surface area contributed by atoms with Crippen molar-refractivity contribution in [1.82, 2.24) is 30.0 Å². The van der Waals surface area contributed by atoms with Crippen molar-refractivity contribution in [3.05, 3.63) is 82.9 Å². The van der Waals surface area contributed by atoms with Gasteiger partial charge in [0, 0.05) is 38.3 Å². The van der Waals surface area contributed by atoms with Gasteiger partial charge >= 0.3 is 11.9 Å². The number of carboxylic acids is 1. The van der Waals surface area contributed by atoms with E-state index in [9.17, 15) is 23.5 Å². The number of aromatic nitrogens is 6. The van der Waals surface area contributed by atoms with E-state index in [0.29, 0.717) is 50.7 Å². The summed E-state index contributed by atoms with van der Waals surface area (Å²) >= 11 is 0. The van der Waals surface area contributed by atoms with Crippen LogP contribution in [0.4, 0.5) is 8.78 Å². The third-order valence-electron chi connectivity index (χ3n) is 7.46. The number of carboxylic acid groups (broad SMARTS) is 1. The van der Waals surface area contributed by atoms with Crippen LogP contribution in [0.25, 0.3) is 11.4 Å².